The molecule has 2 amide bonds. The Kier molecular flexibility index (Phi) is 10.9. The molecule has 0 bridgehead atoms. The van der Waals surface area contributed by atoms with Gasteiger partial charge in [0, 0.05) is 29.1 Å². The van der Waals surface area contributed by atoms with E-state index in [9.17, 15) is 9.59 Å². The maximum Gasteiger partial charge on any atom is 0.247 e. The fraction of sp³-hybridized carbons (Fsp3) is 0.438. The molecule has 8 nitrogen and oxygen atoms in total. The first-order chi connectivity index (χ1) is 20.0. The molecule has 1 aliphatic carbocycles. The van der Waals surface area contributed by atoms with Crippen molar-refractivity contribution < 1.29 is 28.5 Å². The van der Waals surface area contributed by atoms with Crippen LogP contribution in [0.2, 0.25) is 0 Å². The molecule has 9 heteroatoms. The lowest BCUT2D eigenvalue weighted by molar-refractivity contribution is -0.140. The van der Waals surface area contributed by atoms with Gasteiger partial charge in [-0.15, -0.1) is 11.3 Å². The Morgan fingerprint density at radius 2 is 1.66 bits per heavy atom. The normalized spacial score (nSPS) is 14.1. The van der Waals surface area contributed by atoms with Gasteiger partial charge in [-0.2, -0.15) is 0 Å². The minimum atomic E-state index is -0.884. The van der Waals surface area contributed by atoms with E-state index >= 15 is 0 Å². The van der Waals surface area contributed by atoms with E-state index in [4.69, 9.17) is 18.9 Å². The minimum absolute atomic E-state index is 0.0862. The number of nitrogens with zero attached hydrogens (tertiary/aromatic N) is 1. The zero-order valence-electron chi connectivity index (χ0n) is 24.3. The molecule has 0 saturated heterocycles. The molecule has 1 fully saturated rings. The Labute approximate surface area is 246 Å². The quantitative estimate of drug-likeness (QED) is 0.284. The second kappa shape index (κ2) is 14.8. The lowest BCUT2D eigenvalue weighted by Crippen LogP contribution is -2.48. The lowest BCUT2D eigenvalue weighted by Gasteiger charge is -2.34. The third kappa shape index (κ3) is 7.73. The van der Waals surface area contributed by atoms with Crippen LogP contribution in [0.3, 0.4) is 0 Å². The fourth-order valence-corrected chi connectivity index (χ4v) is 6.07. The average Bonchev–Trinajstić information content (AvgIpc) is 3.52. The van der Waals surface area contributed by atoms with Crippen LogP contribution in [0.4, 0.5) is 0 Å². The monoisotopic (exact) mass is 580 g/mol. The number of carbonyl (C=O) groups is 2. The molecule has 0 spiro atoms. The van der Waals surface area contributed by atoms with Crippen molar-refractivity contribution in [3.05, 3.63) is 69.9 Å². The van der Waals surface area contributed by atoms with E-state index in [1.807, 2.05) is 41.8 Å². The van der Waals surface area contributed by atoms with Gasteiger partial charge in [-0.05, 0) is 60.5 Å². The minimum Gasteiger partial charge on any atom is -0.497 e. The summed E-state index contributed by atoms with van der Waals surface area (Å²) in [5, 5.41) is 5.22. The van der Waals surface area contributed by atoms with Gasteiger partial charge in [-0.25, -0.2) is 0 Å². The predicted octanol–water partition coefficient (Wildman–Crippen LogP) is 5.59. The van der Waals surface area contributed by atoms with Gasteiger partial charge >= 0.3 is 0 Å². The largest absolute Gasteiger partial charge is 0.497 e. The Morgan fingerprint density at radius 1 is 0.902 bits per heavy atom. The Hall–Kier alpha value is -3.72. The summed E-state index contributed by atoms with van der Waals surface area (Å²) in [6.07, 6.45) is 5.94. The average molecular weight is 581 g/mol. The van der Waals surface area contributed by atoms with Crippen molar-refractivity contribution in [2.45, 2.75) is 57.0 Å². The molecular weight excluding hydrogens is 540 g/mol. The molecule has 1 saturated carbocycles. The number of ether oxygens (including phenoxy) is 4. The highest BCUT2D eigenvalue weighted by molar-refractivity contribution is 7.10. The zero-order valence-corrected chi connectivity index (χ0v) is 25.1. The zero-order chi connectivity index (χ0) is 29.2. The smallest absolute Gasteiger partial charge is 0.247 e. The highest BCUT2D eigenvalue weighted by atomic mass is 32.1. The molecule has 1 aromatic heterocycles. The van der Waals surface area contributed by atoms with Crippen LogP contribution < -0.4 is 24.3 Å². The number of hydrogen-bond donors (Lipinski definition) is 1. The first kappa shape index (κ1) is 30.2. The van der Waals surface area contributed by atoms with Crippen LogP contribution in [-0.4, -0.2) is 57.7 Å². The third-order valence-corrected chi connectivity index (χ3v) is 8.44. The summed E-state index contributed by atoms with van der Waals surface area (Å²) in [5.74, 6) is 2.02. The van der Waals surface area contributed by atoms with Crippen molar-refractivity contribution in [2.24, 2.45) is 0 Å². The van der Waals surface area contributed by atoms with E-state index in [0.717, 1.165) is 36.1 Å². The van der Waals surface area contributed by atoms with Gasteiger partial charge in [-0.1, -0.05) is 31.4 Å². The number of rotatable bonds is 13. The van der Waals surface area contributed by atoms with E-state index in [-0.39, 0.29) is 24.3 Å². The number of amides is 2. The maximum absolute atomic E-state index is 14.2. The summed E-state index contributed by atoms with van der Waals surface area (Å²) < 4.78 is 22.0. The van der Waals surface area contributed by atoms with Crippen molar-refractivity contribution in [2.75, 3.05) is 35.0 Å². The first-order valence-corrected chi connectivity index (χ1v) is 14.9. The summed E-state index contributed by atoms with van der Waals surface area (Å²) in [6, 6.07) is 14.2. The van der Waals surface area contributed by atoms with E-state index in [1.165, 1.54) is 17.8 Å². The van der Waals surface area contributed by atoms with E-state index in [1.54, 1.807) is 45.5 Å². The topological polar surface area (TPSA) is 86.3 Å². The Balaban J connectivity index is 1.72. The first-order valence-electron chi connectivity index (χ1n) is 14.0. The van der Waals surface area contributed by atoms with Crippen LogP contribution in [0.1, 0.15) is 54.1 Å². The SMILES string of the molecule is COc1ccc([C@@H](C(=O)NC2CCCCC2)N(CCc2ccc(OC)c(OC)c2)C(=O)Cc2cccs2)c(OC)c1. The van der Waals surface area contributed by atoms with E-state index in [0.29, 0.717) is 41.5 Å². The fourth-order valence-electron chi connectivity index (χ4n) is 5.37. The van der Waals surface area contributed by atoms with Gasteiger partial charge < -0.3 is 29.2 Å². The number of hydrogen-bond acceptors (Lipinski definition) is 7. The van der Waals surface area contributed by atoms with E-state index in [2.05, 4.69) is 5.32 Å². The van der Waals surface area contributed by atoms with Gasteiger partial charge in [0.2, 0.25) is 11.8 Å². The molecule has 2 aromatic carbocycles. The molecule has 1 N–H and O–H groups in total. The van der Waals surface area contributed by atoms with Gasteiger partial charge in [0.25, 0.3) is 0 Å². The Bertz CT molecular complexity index is 1290. The van der Waals surface area contributed by atoms with Crippen molar-refractivity contribution in [3.8, 4) is 23.0 Å². The van der Waals surface area contributed by atoms with Crippen molar-refractivity contribution in [1.29, 1.82) is 0 Å². The van der Waals surface area contributed by atoms with Crippen LogP contribution in [-0.2, 0) is 22.4 Å². The lowest BCUT2D eigenvalue weighted by atomic mass is 9.94. The third-order valence-electron chi connectivity index (χ3n) is 7.56. The van der Waals surface area contributed by atoms with Crippen molar-refractivity contribution in [3.63, 3.8) is 0 Å². The molecular formula is C32H40N2O6S. The number of nitrogens with one attached hydrogen (secondary N) is 1. The molecule has 4 rings (SSSR count). The van der Waals surface area contributed by atoms with Crippen LogP contribution >= 0.6 is 11.3 Å². The predicted molar refractivity (Wildman–Crippen MR) is 160 cm³/mol. The van der Waals surface area contributed by atoms with Crippen molar-refractivity contribution in [1.82, 2.24) is 10.2 Å². The summed E-state index contributed by atoms with van der Waals surface area (Å²) >= 11 is 1.53. The van der Waals surface area contributed by atoms with Crippen LogP contribution in [0.5, 0.6) is 23.0 Å². The molecule has 1 atom stereocenters. The van der Waals surface area contributed by atoms with E-state index < -0.39 is 6.04 Å². The van der Waals surface area contributed by atoms with Gasteiger partial charge in [0.05, 0.1) is 34.9 Å². The second-order valence-corrected chi connectivity index (χ2v) is 11.2. The summed E-state index contributed by atoms with van der Waals surface area (Å²) in [4.78, 5) is 30.8. The molecule has 0 radical (unpaired) electrons. The number of thiophene rings is 1. The highest BCUT2D eigenvalue weighted by Crippen LogP contribution is 2.35. The molecule has 0 unspecified atom stereocenters. The number of methoxy groups -OCH3 is 4. The summed E-state index contributed by atoms with van der Waals surface area (Å²) in [5.41, 5.74) is 1.58. The molecule has 1 aliphatic rings. The molecule has 3 aromatic rings. The van der Waals surface area contributed by atoms with Crippen LogP contribution in [0.15, 0.2) is 53.9 Å². The summed E-state index contributed by atoms with van der Waals surface area (Å²) in [7, 11) is 6.35. The number of benzene rings is 2. The standard InChI is InChI=1S/C32H40N2O6S/c1-37-24-13-14-26(28(20-24)39-3)31(32(36)33-23-9-6-5-7-10-23)34(30(35)21-25-11-8-18-41-25)17-16-22-12-15-27(38-2)29(19-22)40-4/h8,11-15,18-20,23,31H,5-7,9-10,16-17,21H2,1-4H3,(H,33,36)/t31-/m0/s1. The summed E-state index contributed by atoms with van der Waals surface area (Å²) in [6.45, 7) is 0.317. The second-order valence-electron chi connectivity index (χ2n) is 10.1. The maximum atomic E-state index is 14.2. The van der Waals surface area contributed by atoms with Crippen LogP contribution in [0, 0.1) is 0 Å². The molecule has 220 valence electrons. The molecule has 0 aliphatic heterocycles. The molecule has 41 heavy (non-hydrogen) atoms. The highest BCUT2D eigenvalue weighted by Gasteiger charge is 2.35. The number of carbonyl (C=O) groups excluding carboxylic acids is 2. The van der Waals surface area contributed by atoms with Crippen LogP contribution in [0.25, 0.3) is 0 Å². The van der Waals surface area contributed by atoms with Gasteiger partial charge in [0.1, 0.15) is 17.5 Å². The van der Waals surface area contributed by atoms with Gasteiger partial charge in [-0.3, -0.25) is 9.59 Å². The molecule has 1 heterocycles. The Morgan fingerprint density at radius 3 is 2.32 bits per heavy atom. The van der Waals surface area contributed by atoms with Gasteiger partial charge in [0.15, 0.2) is 11.5 Å². The van der Waals surface area contributed by atoms with Crippen molar-refractivity contribution >= 4 is 23.2 Å².